The van der Waals surface area contributed by atoms with Gasteiger partial charge in [-0.05, 0) is 76.5 Å². The summed E-state index contributed by atoms with van der Waals surface area (Å²) in [6.45, 7) is 9.94. The van der Waals surface area contributed by atoms with E-state index >= 15 is 0 Å². The van der Waals surface area contributed by atoms with Gasteiger partial charge in [-0.2, -0.15) is 0 Å². The van der Waals surface area contributed by atoms with E-state index < -0.39 is 0 Å². The van der Waals surface area contributed by atoms with Crippen LogP contribution in [0.2, 0.25) is 0 Å². The van der Waals surface area contributed by atoms with Gasteiger partial charge in [-0.3, -0.25) is 14.5 Å². The standard InChI is InChI=1S/C34H50N2O3/c1-5-7-8-9-10-11-12-13-14-15-16-17-18-19-20-21-22-26-33(38)39-28-27-36(6-2)29-32(37)35-34-30(3)24-23-25-31(34)4/h7-8,10-11,13-14,16-17,19-20,23-25H,5-6,9,12,15,18,21-22,26-29H2,1-4H3,(H,35,37)/b8-7-,11-10-,14-13-,17-16-,20-19-. The Morgan fingerprint density at radius 3 is 1.90 bits per heavy atom. The zero-order valence-corrected chi connectivity index (χ0v) is 24.7. The largest absolute Gasteiger partial charge is 0.464 e. The highest BCUT2D eigenvalue weighted by atomic mass is 16.5. The van der Waals surface area contributed by atoms with Gasteiger partial charge in [-0.15, -0.1) is 0 Å². The van der Waals surface area contributed by atoms with Crippen LogP contribution in [-0.4, -0.2) is 43.0 Å². The van der Waals surface area contributed by atoms with Gasteiger partial charge >= 0.3 is 5.97 Å². The maximum absolute atomic E-state index is 12.5. The molecule has 0 aliphatic carbocycles. The summed E-state index contributed by atoms with van der Waals surface area (Å²) < 4.78 is 5.38. The van der Waals surface area contributed by atoms with Crippen LogP contribution in [0.5, 0.6) is 0 Å². The number of carbonyl (C=O) groups is 2. The van der Waals surface area contributed by atoms with Gasteiger partial charge in [0.15, 0.2) is 0 Å². The van der Waals surface area contributed by atoms with Crippen molar-refractivity contribution < 1.29 is 14.3 Å². The third-order valence-electron chi connectivity index (χ3n) is 6.14. The van der Waals surface area contributed by atoms with Gasteiger partial charge in [-0.1, -0.05) is 92.8 Å². The van der Waals surface area contributed by atoms with Crippen molar-refractivity contribution in [3.8, 4) is 0 Å². The first-order valence-corrected chi connectivity index (χ1v) is 14.5. The zero-order valence-electron chi connectivity index (χ0n) is 24.7. The zero-order chi connectivity index (χ0) is 28.6. The maximum atomic E-state index is 12.5. The summed E-state index contributed by atoms with van der Waals surface area (Å²) in [5.74, 6) is -0.240. The number of benzene rings is 1. The van der Waals surface area contributed by atoms with E-state index in [1.165, 1.54) is 0 Å². The van der Waals surface area contributed by atoms with Crippen LogP contribution in [0.4, 0.5) is 5.69 Å². The molecule has 0 spiro atoms. The number of hydrogen-bond acceptors (Lipinski definition) is 4. The lowest BCUT2D eigenvalue weighted by molar-refractivity contribution is -0.144. The first-order chi connectivity index (χ1) is 19.0. The van der Waals surface area contributed by atoms with E-state index in [1.54, 1.807) is 0 Å². The second kappa shape index (κ2) is 22.8. The molecule has 0 atom stereocenters. The van der Waals surface area contributed by atoms with Crippen LogP contribution in [0.15, 0.2) is 79.0 Å². The molecule has 0 aliphatic heterocycles. The Morgan fingerprint density at radius 1 is 0.821 bits per heavy atom. The fraction of sp³-hybridized carbons (Fsp3) is 0.471. The van der Waals surface area contributed by atoms with Crippen molar-refractivity contribution in [3.63, 3.8) is 0 Å². The molecule has 0 radical (unpaired) electrons. The molecule has 39 heavy (non-hydrogen) atoms. The van der Waals surface area contributed by atoms with E-state index in [9.17, 15) is 9.59 Å². The molecule has 5 nitrogen and oxygen atoms in total. The quantitative estimate of drug-likeness (QED) is 0.104. The molecule has 0 aliphatic rings. The number of esters is 1. The number of carbonyl (C=O) groups excluding carboxylic acids is 2. The normalized spacial score (nSPS) is 12.2. The summed E-state index contributed by atoms with van der Waals surface area (Å²) in [5, 5.41) is 3.01. The van der Waals surface area contributed by atoms with Crippen LogP contribution in [0.3, 0.4) is 0 Å². The number of anilines is 1. The predicted octanol–water partition coefficient (Wildman–Crippen LogP) is 8.03. The molecule has 0 aromatic heterocycles. The van der Waals surface area contributed by atoms with Crippen LogP contribution in [0.1, 0.15) is 76.3 Å². The molecule has 1 N–H and O–H groups in total. The molecule has 1 aromatic carbocycles. The van der Waals surface area contributed by atoms with E-state index in [0.717, 1.165) is 61.8 Å². The summed E-state index contributed by atoms with van der Waals surface area (Å²) in [6.07, 6.45) is 28.8. The maximum Gasteiger partial charge on any atom is 0.305 e. The van der Waals surface area contributed by atoms with Crippen molar-refractivity contribution in [1.82, 2.24) is 4.90 Å². The molecular formula is C34H50N2O3. The Balaban J connectivity index is 2.10. The van der Waals surface area contributed by atoms with Gasteiger partial charge in [0.25, 0.3) is 0 Å². The Morgan fingerprint density at radius 2 is 1.36 bits per heavy atom. The van der Waals surface area contributed by atoms with Crippen molar-refractivity contribution in [2.45, 2.75) is 79.1 Å². The molecule has 0 fully saturated rings. The van der Waals surface area contributed by atoms with Gasteiger partial charge in [0.2, 0.25) is 5.91 Å². The summed E-state index contributed by atoms with van der Waals surface area (Å²) in [5.41, 5.74) is 2.97. The number of nitrogens with one attached hydrogen (secondary N) is 1. The first-order valence-electron chi connectivity index (χ1n) is 14.5. The summed E-state index contributed by atoms with van der Waals surface area (Å²) >= 11 is 0. The minimum absolute atomic E-state index is 0.0577. The Hall–Kier alpha value is -3.18. The number of para-hydroxylation sites is 1. The van der Waals surface area contributed by atoms with E-state index in [2.05, 4.69) is 73.0 Å². The second-order valence-corrected chi connectivity index (χ2v) is 9.50. The van der Waals surface area contributed by atoms with E-state index in [-0.39, 0.29) is 18.4 Å². The molecular weight excluding hydrogens is 484 g/mol. The van der Waals surface area contributed by atoms with E-state index in [1.807, 2.05) is 43.9 Å². The average molecular weight is 535 g/mol. The molecule has 0 bridgehead atoms. The van der Waals surface area contributed by atoms with E-state index in [4.69, 9.17) is 4.74 Å². The SMILES string of the molecule is CC/C=C\C/C=C\C/C=C\C/C=C\C/C=C\CCCC(=O)OCCN(CC)CC(=O)Nc1c(C)cccc1C. The molecule has 1 aromatic rings. The first kappa shape index (κ1) is 33.8. The lowest BCUT2D eigenvalue weighted by atomic mass is 10.1. The highest BCUT2D eigenvalue weighted by molar-refractivity contribution is 5.93. The molecule has 1 rings (SSSR count). The molecule has 5 heteroatoms. The molecule has 214 valence electrons. The smallest absolute Gasteiger partial charge is 0.305 e. The molecule has 0 heterocycles. The van der Waals surface area contributed by atoms with E-state index in [0.29, 0.717) is 26.1 Å². The Kier molecular flexibility index (Phi) is 19.8. The number of likely N-dealkylation sites (N-methyl/N-ethyl adjacent to an activating group) is 1. The van der Waals surface area contributed by atoms with Crippen LogP contribution < -0.4 is 5.32 Å². The Labute approximate surface area is 237 Å². The van der Waals surface area contributed by atoms with Crippen molar-refractivity contribution in [1.29, 1.82) is 0 Å². The number of rotatable bonds is 20. The summed E-state index contributed by atoms with van der Waals surface area (Å²) in [4.78, 5) is 26.5. The van der Waals surface area contributed by atoms with Crippen molar-refractivity contribution >= 4 is 17.6 Å². The van der Waals surface area contributed by atoms with Crippen molar-refractivity contribution in [3.05, 3.63) is 90.1 Å². The van der Waals surface area contributed by atoms with Crippen molar-refractivity contribution in [2.75, 3.05) is 31.6 Å². The number of ether oxygens (including phenoxy) is 1. The highest BCUT2D eigenvalue weighted by Crippen LogP contribution is 2.19. The van der Waals surface area contributed by atoms with Crippen molar-refractivity contribution in [2.24, 2.45) is 0 Å². The average Bonchev–Trinajstić information content (AvgIpc) is 2.92. The fourth-order valence-corrected chi connectivity index (χ4v) is 3.84. The van der Waals surface area contributed by atoms with Gasteiger partial charge < -0.3 is 10.1 Å². The molecule has 0 unspecified atom stereocenters. The lowest BCUT2D eigenvalue weighted by Gasteiger charge is -2.20. The monoisotopic (exact) mass is 534 g/mol. The third kappa shape index (κ3) is 17.9. The highest BCUT2D eigenvalue weighted by Gasteiger charge is 2.12. The van der Waals surface area contributed by atoms with Crippen LogP contribution in [-0.2, 0) is 14.3 Å². The third-order valence-corrected chi connectivity index (χ3v) is 6.14. The van der Waals surface area contributed by atoms with Crippen LogP contribution >= 0.6 is 0 Å². The molecule has 0 saturated heterocycles. The minimum atomic E-state index is -0.182. The van der Waals surface area contributed by atoms with Gasteiger partial charge in [0, 0.05) is 18.7 Å². The fourth-order valence-electron chi connectivity index (χ4n) is 3.84. The topological polar surface area (TPSA) is 58.6 Å². The van der Waals surface area contributed by atoms with Crippen LogP contribution in [0.25, 0.3) is 0 Å². The molecule has 1 amide bonds. The lowest BCUT2D eigenvalue weighted by Crippen LogP contribution is -2.36. The van der Waals surface area contributed by atoms with Gasteiger partial charge in [0.1, 0.15) is 6.61 Å². The minimum Gasteiger partial charge on any atom is -0.464 e. The number of allylic oxidation sites excluding steroid dienone is 10. The summed E-state index contributed by atoms with van der Waals surface area (Å²) in [6, 6.07) is 5.96. The van der Waals surface area contributed by atoms with Crippen LogP contribution in [0, 0.1) is 13.8 Å². The second-order valence-electron chi connectivity index (χ2n) is 9.50. The molecule has 0 saturated carbocycles. The predicted molar refractivity (Wildman–Crippen MR) is 166 cm³/mol. The Bertz CT molecular complexity index is 952. The number of amides is 1. The number of unbranched alkanes of at least 4 members (excludes halogenated alkanes) is 1. The number of hydrogen-bond donors (Lipinski definition) is 1. The number of aryl methyl sites for hydroxylation is 2. The number of nitrogens with zero attached hydrogens (tertiary/aromatic N) is 1. The van der Waals surface area contributed by atoms with Gasteiger partial charge in [0.05, 0.1) is 6.54 Å². The summed E-state index contributed by atoms with van der Waals surface area (Å²) in [7, 11) is 0. The van der Waals surface area contributed by atoms with Gasteiger partial charge in [-0.25, -0.2) is 0 Å².